The maximum atomic E-state index is 3.52. The number of hydrogen-bond donors (Lipinski definition) is 1. The molecule has 0 spiro atoms. The third-order valence-corrected chi connectivity index (χ3v) is 2.57. The molecule has 0 bridgehead atoms. The van der Waals surface area contributed by atoms with Gasteiger partial charge in [0.2, 0.25) is 0 Å². The molecule has 0 aromatic heterocycles. The molecule has 1 aliphatic heterocycles. The van der Waals surface area contributed by atoms with Gasteiger partial charge in [0.05, 0.1) is 0 Å². The second-order valence-corrected chi connectivity index (χ2v) is 3.80. The Kier molecular flexibility index (Phi) is 1.89. The van der Waals surface area contributed by atoms with Crippen LogP contribution in [0.4, 0.5) is 0 Å². The second kappa shape index (κ2) is 2.91. The number of fused-ring (bicyclic) bond motifs is 1. The molecule has 1 heterocycles. The van der Waals surface area contributed by atoms with E-state index in [4.69, 9.17) is 0 Å². The van der Waals surface area contributed by atoms with Crippen LogP contribution in [0, 0.1) is 5.92 Å². The number of rotatable bonds is 1. The summed E-state index contributed by atoms with van der Waals surface area (Å²) >= 11 is 0. The van der Waals surface area contributed by atoms with Crippen LogP contribution in [0.15, 0.2) is 24.3 Å². The highest BCUT2D eigenvalue weighted by Crippen LogP contribution is 2.29. The zero-order chi connectivity index (χ0) is 8.55. The largest absolute Gasteiger partial charge is 0.306 e. The summed E-state index contributed by atoms with van der Waals surface area (Å²) in [5, 5.41) is 3.52. The summed E-state index contributed by atoms with van der Waals surface area (Å²) in [5.74, 6) is 0.689. The van der Waals surface area contributed by atoms with Crippen LogP contribution in [0.2, 0.25) is 0 Å². The minimum Gasteiger partial charge on any atom is -0.306 e. The molecular weight excluding hydrogens is 146 g/mol. The molecular formula is C11H15N. The summed E-state index contributed by atoms with van der Waals surface area (Å²) in [5.41, 5.74) is 2.96. The van der Waals surface area contributed by atoms with E-state index in [9.17, 15) is 0 Å². The number of hydrogen-bond acceptors (Lipinski definition) is 1. The molecule has 0 fully saturated rings. The average molecular weight is 161 g/mol. The third kappa shape index (κ3) is 1.14. The normalized spacial score (nSPS) is 21.4. The summed E-state index contributed by atoms with van der Waals surface area (Å²) in [6, 6.07) is 9.26. The van der Waals surface area contributed by atoms with Crippen molar-refractivity contribution in [3.05, 3.63) is 35.4 Å². The monoisotopic (exact) mass is 161 g/mol. The van der Waals surface area contributed by atoms with E-state index in [-0.39, 0.29) is 0 Å². The van der Waals surface area contributed by atoms with Crippen molar-refractivity contribution >= 4 is 0 Å². The van der Waals surface area contributed by atoms with Crippen molar-refractivity contribution in [3.63, 3.8) is 0 Å². The van der Waals surface area contributed by atoms with Crippen molar-refractivity contribution in [1.29, 1.82) is 0 Å². The highest BCUT2D eigenvalue weighted by Gasteiger charge is 2.23. The molecule has 1 heteroatoms. The molecule has 64 valence electrons. The van der Waals surface area contributed by atoms with Gasteiger partial charge in [0.25, 0.3) is 0 Å². The Morgan fingerprint density at radius 3 is 2.83 bits per heavy atom. The van der Waals surface area contributed by atoms with Crippen LogP contribution in [0.1, 0.15) is 31.0 Å². The SMILES string of the molecule is CC(C)C1NCc2ccccc21. The lowest BCUT2D eigenvalue weighted by molar-refractivity contribution is 0.441. The standard InChI is InChI=1S/C11H15N/c1-8(2)11-10-6-4-3-5-9(10)7-12-11/h3-6,8,11-12H,7H2,1-2H3. The van der Waals surface area contributed by atoms with E-state index in [1.54, 1.807) is 0 Å². The molecule has 1 atom stereocenters. The summed E-state index contributed by atoms with van der Waals surface area (Å²) in [6.45, 7) is 5.57. The van der Waals surface area contributed by atoms with Gasteiger partial charge in [-0.1, -0.05) is 38.1 Å². The first-order chi connectivity index (χ1) is 5.79. The van der Waals surface area contributed by atoms with Crippen LogP contribution in [0.25, 0.3) is 0 Å². The van der Waals surface area contributed by atoms with Gasteiger partial charge in [-0.25, -0.2) is 0 Å². The van der Waals surface area contributed by atoms with Gasteiger partial charge in [-0.3, -0.25) is 0 Å². The molecule has 1 aromatic rings. The second-order valence-electron chi connectivity index (χ2n) is 3.80. The minimum atomic E-state index is 0.571. The Bertz CT molecular complexity index is 278. The average Bonchev–Trinajstić information content (AvgIpc) is 2.47. The topological polar surface area (TPSA) is 12.0 Å². The predicted octanol–water partition coefficient (Wildman–Crippen LogP) is 2.49. The summed E-state index contributed by atoms with van der Waals surface area (Å²) in [7, 11) is 0. The van der Waals surface area contributed by atoms with Crippen LogP contribution < -0.4 is 5.32 Å². The minimum absolute atomic E-state index is 0.571. The zero-order valence-electron chi connectivity index (χ0n) is 7.67. The molecule has 1 N–H and O–H groups in total. The molecule has 0 aliphatic carbocycles. The van der Waals surface area contributed by atoms with E-state index in [1.165, 1.54) is 11.1 Å². The Labute approximate surface area is 73.8 Å². The lowest BCUT2D eigenvalue weighted by Gasteiger charge is -2.15. The molecule has 0 radical (unpaired) electrons. The highest BCUT2D eigenvalue weighted by atomic mass is 14.9. The number of nitrogens with one attached hydrogen (secondary N) is 1. The van der Waals surface area contributed by atoms with Crippen LogP contribution >= 0.6 is 0 Å². The Morgan fingerprint density at radius 2 is 2.08 bits per heavy atom. The smallest absolute Gasteiger partial charge is 0.0349 e. The molecule has 0 saturated carbocycles. The molecule has 12 heavy (non-hydrogen) atoms. The van der Waals surface area contributed by atoms with Crippen molar-refractivity contribution < 1.29 is 0 Å². The molecule has 0 amide bonds. The highest BCUT2D eigenvalue weighted by molar-refractivity contribution is 5.33. The maximum Gasteiger partial charge on any atom is 0.0349 e. The quantitative estimate of drug-likeness (QED) is 0.667. The van der Waals surface area contributed by atoms with Crippen molar-refractivity contribution in [1.82, 2.24) is 5.32 Å². The van der Waals surface area contributed by atoms with Gasteiger partial charge in [0.15, 0.2) is 0 Å². The van der Waals surface area contributed by atoms with Crippen LogP contribution in [-0.2, 0) is 6.54 Å². The van der Waals surface area contributed by atoms with E-state index in [1.807, 2.05) is 0 Å². The first kappa shape index (κ1) is 7.81. The van der Waals surface area contributed by atoms with Gasteiger partial charge in [-0.2, -0.15) is 0 Å². The van der Waals surface area contributed by atoms with Gasteiger partial charge in [0.1, 0.15) is 0 Å². The molecule has 2 rings (SSSR count). The first-order valence-corrected chi connectivity index (χ1v) is 4.60. The molecule has 1 nitrogen and oxygen atoms in total. The fourth-order valence-corrected chi connectivity index (χ4v) is 1.92. The Hall–Kier alpha value is -0.820. The lowest BCUT2D eigenvalue weighted by Crippen LogP contribution is -2.17. The van der Waals surface area contributed by atoms with Crippen molar-refractivity contribution in [3.8, 4) is 0 Å². The van der Waals surface area contributed by atoms with E-state index in [2.05, 4.69) is 43.4 Å². The van der Waals surface area contributed by atoms with Gasteiger partial charge in [-0.15, -0.1) is 0 Å². The van der Waals surface area contributed by atoms with E-state index < -0.39 is 0 Å². The third-order valence-electron chi connectivity index (χ3n) is 2.57. The van der Waals surface area contributed by atoms with Crippen molar-refractivity contribution in [2.45, 2.75) is 26.4 Å². The molecule has 1 aromatic carbocycles. The van der Waals surface area contributed by atoms with Crippen LogP contribution in [0.3, 0.4) is 0 Å². The maximum absolute atomic E-state index is 3.52. The summed E-state index contributed by atoms with van der Waals surface area (Å²) < 4.78 is 0. The van der Waals surface area contributed by atoms with Gasteiger partial charge >= 0.3 is 0 Å². The number of benzene rings is 1. The van der Waals surface area contributed by atoms with Crippen LogP contribution in [0.5, 0.6) is 0 Å². The lowest BCUT2D eigenvalue weighted by atomic mass is 9.96. The van der Waals surface area contributed by atoms with E-state index in [0.29, 0.717) is 12.0 Å². The van der Waals surface area contributed by atoms with Gasteiger partial charge in [-0.05, 0) is 17.0 Å². The van der Waals surface area contributed by atoms with Crippen LogP contribution in [-0.4, -0.2) is 0 Å². The van der Waals surface area contributed by atoms with Gasteiger partial charge in [0, 0.05) is 12.6 Å². The Balaban J connectivity index is 2.36. The molecule has 0 saturated heterocycles. The fourth-order valence-electron chi connectivity index (χ4n) is 1.92. The van der Waals surface area contributed by atoms with E-state index in [0.717, 1.165) is 6.54 Å². The fraction of sp³-hybridized carbons (Fsp3) is 0.455. The predicted molar refractivity (Wildman–Crippen MR) is 50.9 cm³/mol. The van der Waals surface area contributed by atoms with E-state index >= 15 is 0 Å². The van der Waals surface area contributed by atoms with Crippen molar-refractivity contribution in [2.24, 2.45) is 5.92 Å². The first-order valence-electron chi connectivity index (χ1n) is 4.60. The van der Waals surface area contributed by atoms with Gasteiger partial charge < -0.3 is 5.32 Å². The summed E-state index contributed by atoms with van der Waals surface area (Å²) in [4.78, 5) is 0. The molecule has 1 unspecified atom stereocenters. The van der Waals surface area contributed by atoms with Crippen molar-refractivity contribution in [2.75, 3.05) is 0 Å². The Morgan fingerprint density at radius 1 is 1.33 bits per heavy atom. The summed E-state index contributed by atoms with van der Waals surface area (Å²) in [6.07, 6.45) is 0. The molecule has 1 aliphatic rings. The zero-order valence-corrected chi connectivity index (χ0v) is 7.67.